The zero-order chi connectivity index (χ0) is 14.0. The van der Waals surface area contributed by atoms with E-state index in [2.05, 4.69) is 0 Å². The summed E-state index contributed by atoms with van der Waals surface area (Å²) in [5.74, 6) is -0.824. The molecule has 1 unspecified atom stereocenters. The highest BCUT2D eigenvalue weighted by Gasteiger charge is 2.35. The SMILES string of the molecule is Cc1ccc(N2CC(CCC(=O)O)N(C)C2=O)cc1. The van der Waals surface area contributed by atoms with Crippen LogP contribution >= 0.6 is 0 Å². The van der Waals surface area contributed by atoms with Gasteiger partial charge in [-0.15, -0.1) is 0 Å². The molecule has 0 aliphatic carbocycles. The number of rotatable bonds is 4. The number of benzene rings is 1. The van der Waals surface area contributed by atoms with Gasteiger partial charge in [0.05, 0.1) is 6.04 Å². The van der Waals surface area contributed by atoms with Gasteiger partial charge in [-0.3, -0.25) is 9.69 Å². The fourth-order valence-electron chi connectivity index (χ4n) is 2.27. The third-order valence-corrected chi connectivity index (χ3v) is 3.51. The smallest absolute Gasteiger partial charge is 0.324 e. The lowest BCUT2D eigenvalue weighted by atomic mass is 10.1. The molecule has 5 heteroatoms. The number of carbonyl (C=O) groups excluding carboxylic acids is 1. The van der Waals surface area contributed by atoms with Gasteiger partial charge in [0.25, 0.3) is 0 Å². The number of aliphatic carboxylic acids is 1. The van der Waals surface area contributed by atoms with Crippen LogP contribution < -0.4 is 4.90 Å². The highest BCUT2D eigenvalue weighted by molar-refractivity contribution is 5.94. The summed E-state index contributed by atoms with van der Waals surface area (Å²) in [6.07, 6.45) is 0.573. The van der Waals surface area contributed by atoms with Crippen LogP contribution in [0.3, 0.4) is 0 Å². The molecule has 1 N–H and O–H groups in total. The van der Waals surface area contributed by atoms with Crippen molar-refractivity contribution in [1.82, 2.24) is 4.90 Å². The Morgan fingerprint density at radius 2 is 2.00 bits per heavy atom. The molecule has 1 atom stereocenters. The van der Waals surface area contributed by atoms with Gasteiger partial charge in [-0.05, 0) is 25.5 Å². The molecule has 0 saturated carbocycles. The summed E-state index contributed by atoms with van der Waals surface area (Å²) in [4.78, 5) is 26.1. The second-order valence-corrected chi connectivity index (χ2v) is 4.93. The quantitative estimate of drug-likeness (QED) is 0.904. The van der Waals surface area contributed by atoms with Crippen LogP contribution in [0.1, 0.15) is 18.4 Å². The van der Waals surface area contributed by atoms with Crippen molar-refractivity contribution in [3.05, 3.63) is 29.8 Å². The molecule has 1 aliphatic rings. The molecule has 1 heterocycles. The molecule has 5 nitrogen and oxygen atoms in total. The minimum Gasteiger partial charge on any atom is -0.481 e. The Morgan fingerprint density at radius 3 is 2.58 bits per heavy atom. The fraction of sp³-hybridized carbons (Fsp3) is 0.429. The van der Waals surface area contributed by atoms with Gasteiger partial charge in [0.1, 0.15) is 0 Å². The van der Waals surface area contributed by atoms with Gasteiger partial charge in [-0.2, -0.15) is 0 Å². The largest absolute Gasteiger partial charge is 0.481 e. The number of hydrogen-bond donors (Lipinski definition) is 1. The van der Waals surface area contributed by atoms with E-state index in [1.807, 2.05) is 31.2 Å². The van der Waals surface area contributed by atoms with Crippen molar-refractivity contribution in [2.75, 3.05) is 18.5 Å². The molecule has 0 spiro atoms. The van der Waals surface area contributed by atoms with E-state index in [-0.39, 0.29) is 18.5 Å². The number of hydrogen-bond acceptors (Lipinski definition) is 2. The standard InChI is InChI=1S/C14H18N2O3/c1-10-3-5-11(6-4-10)16-9-12(7-8-13(17)18)15(2)14(16)19/h3-6,12H,7-9H2,1-2H3,(H,17,18). The predicted molar refractivity (Wildman–Crippen MR) is 72.3 cm³/mol. The number of anilines is 1. The minimum atomic E-state index is -0.824. The van der Waals surface area contributed by atoms with Crippen molar-refractivity contribution in [2.45, 2.75) is 25.8 Å². The highest BCUT2D eigenvalue weighted by atomic mass is 16.4. The third kappa shape index (κ3) is 2.86. The monoisotopic (exact) mass is 262 g/mol. The van der Waals surface area contributed by atoms with Gasteiger partial charge in [-0.1, -0.05) is 17.7 Å². The Labute approximate surface area is 112 Å². The summed E-state index contributed by atoms with van der Waals surface area (Å²) >= 11 is 0. The number of carboxylic acids is 1. The van der Waals surface area contributed by atoms with Crippen LogP contribution in [-0.4, -0.2) is 41.6 Å². The molecule has 2 rings (SSSR count). The van der Waals surface area contributed by atoms with Gasteiger partial charge in [-0.25, -0.2) is 4.79 Å². The summed E-state index contributed by atoms with van der Waals surface area (Å²) < 4.78 is 0. The molecule has 0 aromatic heterocycles. The topological polar surface area (TPSA) is 60.9 Å². The van der Waals surface area contributed by atoms with E-state index in [1.54, 1.807) is 16.8 Å². The van der Waals surface area contributed by atoms with Gasteiger partial charge in [0.15, 0.2) is 0 Å². The molecule has 1 aliphatic heterocycles. The summed E-state index contributed by atoms with van der Waals surface area (Å²) in [6.45, 7) is 2.54. The average molecular weight is 262 g/mol. The second-order valence-electron chi connectivity index (χ2n) is 4.93. The Kier molecular flexibility index (Phi) is 3.74. The normalized spacial score (nSPS) is 19.1. The van der Waals surface area contributed by atoms with E-state index in [0.717, 1.165) is 11.3 Å². The van der Waals surface area contributed by atoms with Crippen molar-refractivity contribution >= 4 is 17.7 Å². The second kappa shape index (κ2) is 5.30. The molecule has 1 fully saturated rings. The Balaban J connectivity index is 2.09. The molecular formula is C14H18N2O3. The van der Waals surface area contributed by atoms with Crippen LogP contribution in [0.4, 0.5) is 10.5 Å². The van der Waals surface area contributed by atoms with Crippen molar-refractivity contribution in [3.63, 3.8) is 0 Å². The zero-order valence-corrected chi connectivity index (χ0v) is 11.2. The van der Waals surface area contributed by atoms with E-state index < -0.39 is 5.97 Å². The lowest BCUT2D eigenvalue weighted by Gasteiger charge is -2.16. The van der Waals surface area contributed by atoms with Crippen molar-refractivity contribution in [1.29, 1.82) is 0 Å². The first-order valence-corrected chi connectivity index (χ1v) is 6.32. The first-order chi connectivity index (χ1) is 8.99. The molecule has 102 valence electrons. The van der Waals surface area contributed by atoms with Crippen LogP contribution in [-0.2, 0) is 4.79 Å². The molecule has 1 aromatic rings. The van der Waals surface area contributed by atoms with Crippen molar-refractivity contribution < 1.29 is 14.7 Å². The van der Waals surface area contributed by atoms with E-state index in [1.165, 1.54) is 0 Å². The van der Waals surface area contributed by atoms with Gasteiger partial charge in [0.2, 0.25) is 0 Å². The fourth-order valence-corrected chi connectivity index (χ4v) is 2.27. The molecule has 1 aromatic carbocycles. The third-order valence-electron chi connectivity index (χ3n) is 3.51. The molecule has 0 bridgehead atoms. The van der Waals surface area contributed by atoms with Crippen LogP contribution in [0.15, 0.2) is 24.3 Å². The Hall–Kier alpha value is -2.04. The molecule has 1 saturated heterocycles. The number of likely N-dealkylation sites (N-methyl/N-ethyl adjacent to an activating group) is 1. The lowest BCUT2D eigenvalue weighted by molar-refractivity contribution is -0.137. The molecule has 0 radical (unpaired) electrons. The first-order valence-electron chi connectivity index (χ1n) is 6.32. The van der Waals surface area contributed by atoms with E-state index in [4.69, 9.17) is 5.11 Å². The maximum absolute atomic E-state index is 12.2. The number of nitrogens with zero attached hydrogens (tertiary/aromatic N) is 2. The predicted octanol–water partition coefficient (Wildman–Crippen LogP) is 2.10. The summed E-state index contributed by atoms with van der Waals surface area (Å²) in [6, 6.07) is 7.66. The lowest BCUT2D eigenvalue weighted by Crippen LogP contribution is -2.31. The van der Waals surface area contributed by atoms with Crippen LogP contribution in [0, 0.1) is 6.92 Å². The maximum atomic E-state index is 12.2. The van der Waals surface area contributed by atoms with Gasteiger partial charge >= 0.3 is 12.0 Å². The van der Waals surface area contributed by atoms with Crippen molar-refractivity contribution in [2.24, 2.45) is 0 Å². The number of urea groups is 1. The van der Waals surface area contributed by atoms with Crippen LogP contribution in [0.25, 0.3) is 0 Å². The molecule has 19 heavy (non-hydrogen) atoms. The first kappa shape index (κ1) is 13.4. The molecular weight excluding hydrogens is 244 g/mol. The summed E-state index contributed by atoms with van der Waals surface area (Å²) in [5, 5.41) is 8.72. The maximum Gasteiger partial charge on any atom is 0.324 e. The van der Waals surface area contributed by atoms with Gasteiger partial charge < -0.3 is 10.0 Å². The number of aryl methyl sites for hydroxylation is 1. The van der Waals surface area contributed by atoms with Crippen molar-refractivity contribution in [3.8, 4) is 0 Å². The highest BCUT2D eigenvalue weighted by Crippen LogP contribution is 2.25. The number of amides is 2. The number of carboxylic acid groups (broad SMARTS) is 1. The summed E-state index contributed by atoms with van der Waals surface area (Å²) in [5.41, 5.74) is 2.01. The van der Waals surface area contributed by atoms with Crippen LogP contribution in [0.2, 0.25) is 0 Å². The molecule has 2 amide bonds. The van der Waals surface area contributed by atoms with Gasteiger partial charge in [0, 0.05) is 25.7 Å². The Morgan fingerprint density at radius 1 is 1.37 bits per heavy atom. The number of carbonyl (C=O) groups is 2. The van der Waals surface area contributed by atoms with E-state index in [0.29, 0.717) is 13.0 Å². The Bertz CT molecular complexity index is 484. The zero-order valence-electron chi connectivity index (χ0n) is 11.2. The summed E-state index contributed by atoms with van der Waals surface area (Å²) in [7, 11) is 1.73. The van der Waals surface area contributed by atoms with E-state index >= 15 is 0 Å². The van der Waals surface area contributed by atoms with E-state index in [9.17, 15) is 9.59 Å². The van der Waals surface area contributed by atoms with Crippen LogP contribution in [0.5, 0.6) is 0 Å². The minimum absolute atomic E-state index is 0.0371. The average Bonchev–Trinajstić information content (AvgIpc) is 2.65.